The summed E-state index contributed by atoms with van der Waals surface area (Å²) in [6.07, 6.45) is 1.92. The van der Waals surface area contributed by atoms with Crippen LogP contribution in [0.15, 0.2) is 11.4 Å². The molecule has 0 aliphatic rings. The SMILES string of the molecule is CCc1ccsc1C(=O)NC(CBr)CC(C)C. The second-order valence-corrected chi connectivity index (χ2v) is 6.15. The average molecular weight is 318 g/mol. The molecule has 1 unspecified atom stereocenters. The molecule has 1 aromatic rings. The maximum absolute atomic E-state index is 12.1. The lowest BCUT2D eigenvalue weighted by atomic mass is 10.1. The van der Waals surface area contributed by atoms with Crippen LogP contribution in [0, 0.1) is 5.92 Å². The van der Waals surface area contributed by atoms with Crippen LogP contribution in [0.2, 0.25) is 0 Å². The van der Waals surface area contributed by atoms with Gasteiger partial charge in [-0.2, -0.15) is 0 Å². The molecule has 96 valence electrons. The van der Waals surface area contributed by atoms with Gasteiger partial charge in [-0.05, 0) is 35.8 Å². The van der Waals surface area contributed by atoms with Crippen LogP contribution in [-0.4, -0.2) is 17.3 Å². The van der Waals surface area contributed by atoms with Crippen LogP contribution in [0.4, 0.5) is 0 Å². The summed E-state index contributed by atoms with van der Waals surface area (Å²) in [4.78, 5) is 13.0. The van der Waals surface area contributed by atoms with Crippen molar-refractivity contribution in [2.24, 2.45) is 5.92 Å². The lowest BCUT2D eigenvalue weighted by Gasteiger charge is -2.18. The Bertz CT molecular complexity index is 362. The van der Waals surface area contributed by atoms with Gasteiger partial charge in [-0.15, -0.1) is 11.3 Å². The molecule has 2 nitrogen and oxygen atoms in total. The minimum atomic E-state index is 0.0713. The van der Waals surface area contributed by atoms with Crippen LogP contribution in [0.3, 0.4) is 0 Å². The molecule has 0 aliphatic carbocycles. The quantitative estimate of drug-likeness (QED) is 0.793. The van der Waals surface area contributed by atoms with E-state index in [0.717, 1.165) is 28.6 Å². The Balaban J connectivity index is 2.64. The Labute approximate surface area is 116 Å². The number of hydrogen-bond acceptors (Lipinski definition) is 2. The van der Waals surface area contributed by atoms with E-state index in [9.17, 15) is 4.79 Å². The van der Waals surface area contributed by atoms with Crippen molar-refractivity contribution >= 4 is 33.2 Å². The maximum Gasteiger partial charge on any atom is 0.261 e. The van der Waals surface area contributed by atoms with Gasteiger partial charge >= 0.3 is 0 Å². The Morgan fingerprint density at radius 2 is 2.24 bits per heavy atom. The van der Waals surface area contributed by atoms with Gasteiger partial charge in [0.1, 0.15) is 0 Å². The highest BCUT2D eigenvalue weighted by molar-refractivity contribution is 9.09. The third kappa shape index (κ3) is 4.43. The smallest absolute Gasteiger partial charge is 0.261 e. The molecule has 0 radical (unpaired) electrons. The molecule has 1 rings (SSSR count). The van der Waals surface area contributed by atoms with Gasteiger partial charge in [0.05, 0.1) is 4.88 Å². The fourth-order valence-electron chi connectivity index (χ4n) is 1.79. The van der Waals surface area contributed by atoms with Crippen LogP contribution in [0.5, 0.6) is 0 Å². The molecule has 17 heavy (non-hydrogen) atoms. The molecule has 1 aromatic heterocycles. The molecule has 0 spiro atoms. The number of halogens is 1. The molecule has 1 amide bonds. The van der Waals surface area contributed by atoms with E-state index < -0.39 is 0 Å². The zero-order valence-corrected chi connectivity index (χ0v) is 13.0. The molecular formula is C13H20BrNOS. The highest BCUT2D eigenvalue weighted by Gasteiger charge is 2.17. The first-order valence-corrected chi connectivity index (χ1v) is 8.01. The van der Waals surface area contributed by atoms with Gasteiger partial charge in [0.15, 0.2) is 0 Å². The van der Waals surface area contributed by atoms with Crippen molar-refractivity contribution in [3.05, 3.63) is 21.9 Å². The van der Waals surface area contributed by atoms with Crippen LogP contribution in [-0.2, 0) is 6.42 Å². The van der Waals surface area contributed by atoms with Crippen LogP contribution in [0.25, 0.3) is 0 Å². The molecule has 0 saturated carbocycles. The molecule has 1 atom stereocenters. The Kier molecular flexibility index (Phi) is 6.20. The third-order valence-electron chi connectivity index (χ3n) is 2.61. The first kappa shape index (κ1) is 14.7. The van der Waals surface area contributed by atoms with Crippen LogP contribution in [0.1, 0.15) is 42.4 Å². The van der Waals surface area contributed by atoms with Gasteiger partial charge in [-0.3, -0.25) is 4.79 Å². The number of carbonyl (C=O) groups is 1. The van der Waals surface area contributed by atoms with Crippen molar-refractivity contribution in [2.75, 3.05) is 5.33 Å². The van der Waals surface area contributed by atoms with Crippen molar-refractivity contribution in [3.63, 3.8) is 0 Å². The van der Waals surface area contributed by atoms with E-state index in [4.69, 9.17) is 0 Å². The van der Waals surface area contributed by atoms with E-state index >= 15 is 0 Å². The Hall–Kier alpha value is -0.350. The fraction of sp³-hybridized carbons (Fsp3) is 0.615. The van der Waals surface area contributed by atoms with Crippen molar-refractivity contribution in [3.8, 4) is 0 Å². The highest BCUT2D eigenvalue weighted by Crippen LogP contribution is 2.18. The van der Waals surface area contributed by atoms with E-state index in [1.54, 1.807) is 0 Å². The fourth-order valence-corrected chi connectivity index (χ4v) is 3.12. The number of amides is 1. The van der Waals surface area contributed by atoms with E-state index in [2.05, 4.69) is 42.0 Å². The summed E-state index contributed by atoms with van der Waals surface area (Å²) < 4.78 is 0. The second-order valence-electron chi connectivity index (χ2n) is 4.58. The molecule has 0 aliphatic heterocycles. The molecule has 0 saturated heterocycles. The van der Waals surface area contributed by atoms with E-state index in [1.165, 1.54) is 11.3 Å². The topological polar surface area (TPSA) is 29.1 Å². The van der Waals surface area contributed by atoms with Crippen LogP contribution >= 0.6 is 27.3 Å². The molecule has 0 fully saturated rings. The van der Waals surface area contributed by atoms with Gasteiger partial charge in [0, 0.05) is 11.4 Å². The lowest BCUT2D eigenvalue weighted by Crippen LogP contribution is -2.37. The van der Waals surface area contributed by atoms with Crippen LogP contribution < -0.4 is 5.32 Å². The summed E-state index contributed by atoms with van der Waals surface area (Å²) >= 11 is 4.99. The van der Waals surface area contributed by atoms with Gasteiger partial charge in [-0.25, -0.2) is 0 Å². The van der Waals surface area contributed by atoms with Gasteiger partial charge < -0.3 is 5.32 Å². The zero-order chi connectivity index (χ0) is 12.8. The molecular weight excluding hydrogens is 298 g/mol. The molecule has 1 heterocycles. The van der Waals surface area contributed by atoms with Crippen molar-refractivity contribution in [2.45, 2.75) is 39.7 Å². The molecule has 4 heteroatoms. The molecule has 0 aromatic carbocycles. The number of nitrogens with one attached hydrogen (secondary N) is 1. The summed E-state index contributed by atoms with van der Waals surface area (Å²) in [6.45, 7) is 6.42. The van der Waals surface area contributed by atoms with E-state index in [0.29, 0.717) is 5.92 Å². The normalized spacial score (nSPS) is 12.8. The summed E-state index contributed by atoms with van der Waals surface area (Å²) in [7, 11) is 0. The minimum Gasteiger partial charge on any atom is -0.348 e. The van der Waals surface area contributed by atoms with Crippen molar-refractivity contribution in [1.82, 2.24) is 5.32 Å². The first-order valence-electron chi connectivity index (χ1n) is 6.01. The van der Waals surface area contributed by atoms with Gasteiger partial charge in [0.25, 0.3) is 5.91 Å². The second kappa shape index (κ2) is 7.17. The number of thiophene rings is 1. The summed E-state index contributed by atoms with van der Waals surface area (Å²) in [6, 6.07) is 2.25. The number of carbonyl (C=O) groups excluding carboxylic acids is 1. The Morgan fingerprint density at radius 1 is 1.53 bits per heavy atom. The highest BCUT2D eigenvalue weighted by atomic mass is 79.9. The van der Waals surface area contributed by atoms with Crippen molar-refractivity contribution in [1.29, 1.82) is 0 Å². The Morgan fingerprint density at radius 3 is 2.76 bits per heavy atom. The number of hydrogen-bond donors (Lipinski definition) is 1. The van der Waals surface area contributed by atoms with E-state index in [1.807, 2.05) is 11.4 Å². The van der Waals surface area contributed by atoms with E-state index in [-0.39, 0.29) is 11.9 Å². The monoisotopic (exact) mass is 317 g/mol. The maximum atomic E-state index is 12.1. The largest absolute Gasteiger partial charge is 0.348 e. The standard InChI is InChI=1S/C13H20BrNOS/c1-4-10-5-6-17-12(10)13(16)15-11(8-14)7-9(2)3/h5-6,9,11H,4,7-8H2,1-3H3,(H,15,16). The summed E-state index contributed by atoms with van der Waals surface area (Å²) in [5, 5.41) is 5.89. The predicted molar refractivity (Wildman–Crippen MR) is 78.2 cm³/mol. The van der Waals surface area contributed by atoms with Gasteiger partial charge in [0.2, 0.25) is 0 Å². The zero-order valence-electron chi connectivity index (χ0n) is 10.6. The summed E-state index contributed by atoms with van der Waals surface area (Å²) in [5.41, 5.74) is 1.14. The summed E-state index contributed by atoms with van der Waals surface area (Å²) in [5.74, 6) is 0.661. The molecule has 0 bridgehead atoms. The number of alkyl halides is 1. The predicted octanol–water partition coefficient (Wildman–Crippen LogP) is 3.85. The van der Waals surface area contributed by atoms with Gasteiger partial charge in [-0.1, -0.05) is 36.7 Å². The lowest BCUT2D eigenvalue weighted by molar-refractivity contribution is 0.0940. The minimum absolute atomic E-state index is 0.0713. The number of rotatable bonds is 6. The number of aryl methyl sites for hydroxylation is 1. The average Bonchev–Trinajstić information content (AvgIpc) is 2.75. The molecule has 1 N–H and O–H groups in total. The third-order valence-corrected chi connectivity index (χ3v) is 4.35. The first-order chi connectivity index (χ1) is 8.08. The van der Waals surface area contributed by atoms with Crippen molar-refractivity contribution < 1.29 is 4.79 Å².